The van der Waals surface area contributed by atoms with E-state index in [1.165, 1.54) is 12.1 Å². The van der Waals surface area contributed by atoms with Crippen molar-refractivity contribution in [1.29, 1.82) is 0 Å². The summed E-state index contributed by atoms with van der Waals surface area (Å²) in [4.78, 5) is 4.23. The Kier molecular flexibility index (Phi) is 8.35. The molecule has 0 unspecified atom stereocenters. The van der Waals surface area contributed by atoms with E-state index in [2.05, 4.69) is 20.7 Å². The minimum Gasteiger partial charge on any atom is -0.356 e. The Bertz CT molecular complexity index is 786. The molecular weight excluding hydrogens is 494 g/mol. The predicted molar refractivity (Wildman–Crippen MR) is 119 cm³/mol. The van der Waals surface area contributed by atoms with E-state index < -0.39 is 11.7 Å². The second-order valence-corrected chi connectivity index (χ2v) is 7.19. The number of hydrogen-bond donors (Lipinski definition) is 2. The van der Waals surface area contributed by atoms with E-state index >= 15 is 0 Å². The van der Waals surface area contributed by atoms with Gasteiger partial charge in [0, 0.05) is 44.5 Å². The molecule has 2 aromatic rings. The van der Waals surface area contributed by atoms with Crippen molar-refractivity contribution >= 4 is 29.9 Å². The van der Waals surface area contributed by atoms with Gasteiger partial charge in [0.2, 0.25) is 0 Å². The lowest BCUT2D eigenvalue weighted by molar-refractivity contribution is -0.137. The van der Waals surface area contributed by atoms with Crippen LogP contribution in [0.4, 0.5) is 13.2 Å². The molecule has 9 heteroatoms. The van der Waals surface area contributed by atoms with E-state index in [1.807, 2.05) is 16.9 Å². The summed E-state index contributed by atoms with van der Waals surface area (Å²) < 4.78 is 41.1. The van der Waals surface area contributed by atoms with Crippen LogP contribution >= 0.6 is 24.0 Å². The Morgan fingerprint density at radius 2 is 2.03 bits per heavy atom. The highest BCUT2D eigenvalue weighted by molar-refractivity contribution is 14.0. The second-order valence-electron chi connectivity index (χ2n) is 7.19. The number of alkyl halides is 3. The molecule has 1 aliphatic carbocycles. The number of hydrogen-bond acceptors (Lipinski definition) is 2. The SMILES string of the molecule is CN=C(NCCCn1cccn1)NCC1(c2cccc(C(F)(F)F)c2)CCC1.I. The van der Waals surface area contributed by atoms with Crippen LogP contribution in [0.25, 0.3) is 0 Å². The Morgan fingerprint density at radius 3 is 2.62 bits per heavy atom. The molecule has 5 nitrogen and oxygen atoms in total. The van der Waals surface area contributed by atoms with Crippen molar-refractivity contribution in [2.24, 2.45) is 4.99 Å². The van der Waals surface area contributed by atoms with Gasteiger partial charge in [0.1, 0.15) is 0 Å². The topological polar surface area (TPSA) is 54.2 Å². The molecule has 1 aromatic heterocycles. The minimum atomic E-state index is -4.32. The molecule has 0 radical (unpaired) electrons. The zero-order valence-corrected chi connectivity index (χ0v) is 18.7. The van der Waals surface area contributed by atoms with Gasteiger partial charge in [-0.15, -0.1) is 24.0 Å². The average molecular weight is 521 g/mol. The molecule has 0 saturated heterocycles. The zero-order chi connectivity index (χ0) is 20.0. The average Bonchev–Trinajstić information content (AvgIpc) is 3.15. The highest BCUT2D eigenvalue weighted by Gasteiger charge is 2.40. The standard InChI is InChI=1S/C20H26F3N5.HI/c1-24-18(25-10-4-12-28-13-5-11-27-28)26-15-19(8-3-9-19)16-6-2-7-17(14-16)20(21,22)23;/h2,5-7,11,13-14H,3-4,8-10,12,15H2,1H3,(H2,24,25,26);1H. The number of benzene rings is 1. The first-order valence-electron chi connectivity index (χ1n) is 9.53. The molecule has 0 spiro atoms. The summed E-state index contributed by atoms with van der Waals surface area (Å²) >= 11 is 0. The molecule has 1 saturated carbocycles. The molecule has 1 fully saturated rings. The van der Waals surface area contributed by atoms with E-state index in [4.69, 9.17) is 0 Å². The number of aryl methyl sites for hydroxylation is 1. The Hall–Kier alpha value is -1.78. The third-order valence-corrected chi connectivity index (χ3v) is 5.35. The molecule has 29 heavy (non-hydrogen) atoms. The van der Waals surface area contributed by atoms with Gasteiger partial charge in [0.05, 0.1) is 5.56 Å². The fourth-order valence-electron chi connectivity index (χ4n) is 3.55. The highest BCUT2D eigenvalue weighted by Crippen LogP contribution is 2.44. The summed E-state index contributed by atoms with van der Waals surface area (Å²) in [5.74, 6) is 0.665. The van der Waals surface area contributed by atoms with Gasteiger partial charge in [-0.1, -0.05) is 24.6 Å². The third-order valence-electron chi connectivity index (χ3n) is 5.35. The fourth-order valence-corrected chi connectivity index (χ4v) is 3.55. The molecular formula is C20H27F3IN5. The summed E-state index contributed by atoms with van der Waals surface area (Å²) in [5.41, 5.74) is -0.110. The van der Waals surface area contributed by atoms with Gasteiger partial charge >= 0.3 is 6.18 Å². The summed E-state index contributed by atoms with van der Waals surface area (Å²) in [5, 5.41) is 10.7. The van der Waals surface area contributed by atoms with Crippen molar-refractivity contribution < 1.29 is 13.2 Å². The molecule has 0 aliphatic heterocycles. The predicted octanol–water partition coefficient (Wildman–Crippen LogP) is 4.20. The maximum atomic E-state index is 13.1. The molecule has 0 atom stereocenters. The van der Waals surface area contributed by atoms with Crippen LogP contribution in [0.2, 0.25) is 0 Å². The quantitative estimate of drug-likeness (QED) is 0.249. The summed E-state index contributed by atoms with van der Waals surface area (Å²) in [7, 11) is 1.69. The molecule has 160 valence electrons. The highest BCUT2D eigenvalue weighted by atomic mass is 127. The number of aliphatic imine (C=N–C) groups is 1. The summed E-state index contributed by atoms with van der Waals surface area (Å²) in [6.07, 6.45) is 3.01. The van der Waals surface area contributed by atoms with Crippen LogP contribution < -0.4 is 10.6 Å². The number of nitrogens with one attached hydrogen (secondary N) is 2. The normalized spacial score (nSPS) is 15.9. The maximum Gasteiger partial charge on any atom is 0.416 e. The van der Waals surface area contributed by atoms with Crippen LogP contribution in [0.5, 0.6) is 0 Å². The Balaban J connectivity index is 0.00000300. The van der Waals surface area contributed by atoms with Gasteiger partial charge in [0.15, 0.2) is 5.96 Å². The van der Waals surface area contributed by atoms with E-state index in [1.54, 1.807) is 19.3 Å². The van der Waals surface area contributed by atoms with Crippen molar-refractivity contribution in [3.63, 3.8) is 0 Å². The Labute approximate surface area is 186 Å². The van der Waals surface area contributed by atoms with E-state index in [-0.39, 0.29) is 29.4 Å². The van der Waals surface area contributed by atoms with Crippen LogP contribution in [0, 0.1) is 0 Å². The minimum absolute atomic E-state index is 0. The summed E-state index contributed by atoms with van der Waals surface area (Å²) in [6.45, 7) is 2.11. The van der Waals surface area contributed by atoms with Crippen molar-refractivity contribution in [2.45, 2.75) is 43.8 Å². The van der Waals surface area contributed by atoms with E-state index in [0.717, 1.165) is 50.4 Å². The largest absolute Gasteiger partial charge is 0.416 e. The van der Waals surface area contributed by atoms with Crippen LogP contribution in [-0.4, -0.2) is 35.9 Å². The van der Waals surface area contributed by atoms with Gasteiger partial charge in [-0.3, -0.25) is 9.67 Å². The van der Waals surface area contributed by atoms with Crippen molar-refractivity contribution in [3.8, 4) is 0 Å². The van der Waals surface area contributed by atoms with Crippen molar-refractivity contribution in [2.75, 3.05) is 20.1 Å². The Morgan fingerprint density at radius 1 is 1.24 bits per heavy atom. The van der Waals surface area contributed by atoms with E-state index in [9.17, 15) is 13.2 Å². The van der Waals surface area contributed by atoms with Gasteiger partial charge in [-0.05, 0) is 37.0 Å². The lowest BCUT2D eigenvalue weighted by Gasteiger charge is -2.43. The first kappa shape index (κ1) is 23.5. The van der Waals surface area contributed by atoms with E-state index in [0.29, 0.717) is 12.5 Å². The molecule has 0 amide bonds. The van der Waals surface area contributed by atoms with Gasteiger partial charge in [-0.2, -0.15) is 18.3 Å². The molecule has 3 rings (SSSR count). The smallest absolute Gasteiger partial charge is 0.356 e. The van der Waals surface area contributed by atoms with Gasteiger partial charge < -0.3 is 10.6 Å². The van der Waals surface area contributed by atoms with Gasteiger partial charge in [0.25, 0.3) is 0 Å². The number of halogens is 4. The molecule has 2 N–H and O–H groups in total. The van der Waals surface area contributed by atoms with Gasteiger partial charge in [-0.25, -0.2) is 0 Å². The fraction of sp³-hybridized carbons (Fsp3) is 0.500. The molecule has 1 aromatic carbocycles. The molecule has 0 bridgehead atoms. The van der Waals surface area contributed by atoms with Crippen molar-refractivity contribution in [3.05, 3.63) is 53.9 Å². The lowest BCUT2D eigenvalue weighted by atomic mass is 9.64. The van der Waals surface area contributed by atoms with Crippen molar-refractivity contribution in [1.82, 2.24) is 20.4 Å². The lowest BCUT2D eigenvalue weighted by Crippen LogP contribution is -2.49. The third kappa shape index (κ3) is 6.10. The zero-order valence-electron chi connectivity index (χ0n) is 16.4. The summed E-state index contributed by atoms with van der Waals surface area (Å²) in [6, 6.07) is 7.61. The monoisotopic (exact) mass is 521 g/mol. The van der Waals surface area contributed by atoms with Crippen LogP contribution in [0.1, 0.15) is 36.8 Å². The van der Waals surface area contributed by atoms with Crippen LogP contribution in [0.3, 0.4) is 0 Å². The maximum absolute atomic E-state index is 13.1. The number of guanidine groups is 1. The number of aromatic nitrogens is 2. The number of nitrogens with zero attached hydrogens (tertiary/aromatic N) is 3. The van der Waals surface area contributed by atoms with Crippen LogP contribution in [0.15, 0.2) is 47.7 Å². The molecule has 1 aliphatic rings. The molecule has 1 heterocycles. The first-order chi connectivity index (χ1) is 13.4. The van der Waals surface area contributed by atoms with Crippen LogP contribution in [-0.2, 0) is 18.1 Å². The number of rotatable bonds is 7. The first-order valence-corrected chi connectivity index (χ1v) is 9.53. The second kappa shape index (κ2) is 10.3.